The molecule has 1 aliphatic rings. The van der Waals surface area contributed by atoms with Gasteiger partial charge in [0.05, 0.1) is 0 Å². The Bertz CT molecular complexity index is 75.0. The third-order valence-corrected chi connectivity index (χ3v) is 2.97. The van der Waals surface area contributed by atoms with Crippen LogP contribution in [0.25, 0.3) is 0 Å². The molecule has 0 unspecified atom stereocenters. The summed E-state index contributed by atoms with van der Waals surface area (Å²) in [7, 11) is 0. The summed E-state index contributed by atoms with van der Waals surface area (Å²) >= 11 is 2.01. The molecule has 1 aliphatic heterocycles. The number of thioether (sulfide) groups is 1. The molecule has 2 atom stereocenters. The number of nitrogens with one attached hydrogen (secondary N) is 1. The first-order valence-corrected chi connectivity index (χ1v) is 4.77. The third-order valence-electron chi connectivity index (χ3n) is 2.08. The van der Waals surface area contributed by atoms with E-state index in [2.05, 4.69) is 19.2 Å². The van der Waals surface area contributed by atoms with Crippen LogP contribution in [0.1, 0.15) is 20.3 Å². The highest BCUT2D eigenvalue weighted by Gasteiger charge is 2.13. The third kappa shape index (κ3) is 2.18. The Morgan fingerprint density at radius 2 is 2.22 bits per heavy atom. The molecule has 0 radical (unpaired) electrons. The standard InChI is InChI=1S/C7H15NS/c1-6-3-4-9-5-8-7(6)2/h6-8H,3-5H2,1-2H3/t6-,7-/m0/s1. The van der Waals surface area contributed by atoms with E-state index in [1.165, 1.54) is 12.2 Å². The Labute approximate surface area is 61.6 Å². The Morgan fingerprint density at radius 3 is 3.00 bits per heavy atom. The fraction of sp³-hybridized carbons (Fsp3) is 1.00. The van der Waals surface area contributed by atoms with E-state index in [0.29, 0.717) is 0 Å². The van der Waals surface area contributed by atoms with Gasteiger partial charge in [-0.3, -0.25) is 0 Å². The van der Waals surface area contributed by atoms with Gasteiger partial charge in [-0.25, -0.2) is 0 Å². The molecule has 2 heteroatoms. The Morgan fingerprint density at radius 1 is 1.44 bits per heavy atom. The van der Waals surface area contributed by atoms with E-state index in [1.54, 1.807) is 0 Å². The molecule has 1 rings (SSSR count). The van der Waals surface area contributed by atoms with Gasteiger partial charge >= 0.3 is 0 Å². The maximum absolute atomic E-state index is 3.46. The summed E-state index contributed by atoms with van der Waals surface area (Å²) in [5, 5.41) is 3.46. The van der Waals surface area contributed by atoms with Gasteiger partial charge in [0, 0.05) is 11.9 Å². The van der Waals surface area contributed by atoms with Gasteiger partial charge in [-0.05, 0) is 25.0 Å². The van der Waals surface area contributed by atoms with Crippen LogP contribution in [0.5, 0.6) is 0 Å². The van der Waals surface area contributed by atoms with Gasteiger partial charge in [0.1, 0.15) is 0 Å². The zero-order chi connectivity index (χ0) is 6.69. The van der Waals surface area contributed by atoms with Crippen molar-refractivity contribution in [3.8, 4) is 0 Å². The molecule has 0 aliphatic carbocycles. The van der Waals surface area contributed by atoms with Crippen LogP contribution in [-0.2, 0) is 0 Å². The second-order valence-electron chi connectivity index (χ2n) is 2.81. The molecule has 0 spiro atoms. The fourth-order valence-corrected chi connectivity index (χ4v) is 2.05. The van der Waals surface area contributed by atoms with E-state index in [9.17, 15) is 0 Å². The smallest absolute Gasteiger partial charge is 0.0419 e. The van der Waals surface area contributed by atoms with E-state index >= 15 is 0 Å². The molecule has 0 aromatic rings. The Balaban J connectivity index is 2.32. The fourth-order valence-electron chi connectivity index (χ4n) is 0.983. The predicted octanol–water partition coefficient (Wildman–Crippen LogP) is 1.70. The van der Waals surface area contributed by atoms with Crippen LogP contribution in [0.3, 0.4) is 0 Å². The van der Waals surface area contributed by atoms with Crippen LogP contribution >= 0.6 is 11.8 Å². The molecule has 0 aromatic carbocycles. The predicted molar refractivity (Wildman–Crippen MR) is 43.7 cm³/mol. The molecule has 0 aromatic heterocycles. The molecule has 0 saturated carbocycles. The molecule has 1 heterocycles. The largest absolute Gasteiger partial charge is 0.305 e. The minimum absolute atomic E-state index is 0.722. The van der Waals surface area contributed by atoms with E-state index in [1.807, 2.05) is 11.8 Å². The number of rotatable bonds is 0. The molecular formula is C7H15NS. The summed E-state index contributed by atoms with van der Waals surface area (Å²) in [4.78, 5) is 0. The molecule has 1 fully saturated rings. The highest BCUT2D eigenvalue weighted by atomic mass is 32.2. The number of hydrogen-bond donors (Lipinski definition) is 1. The van der Waals surface area contributed by atoms with Crippen molar-refractivity contribution in [2.45, 2.75) is 26.3 Å². The van der Waals surface area contributed by atoms with Crippen molar-refractivity contribution in [1.82, 2.24) is 5.32 Å². The zero-order valence-electron chi connectivity index (χ0n) is 6.18. The van der Waals surface area contributed by atoms with Gasteiger partial charge < -0.3 is 5.32 Å². The van der Waals surface area contributed by atoms with Gasteiger partial charge in [0.25, 0.3) is 0 Å². The van der Waals surface area contributed by atoms with E-state index in [4.69, 9.17) is 0 Å². The number of hydrogen-bond acceptors (Lipinski definition) is 2. The van der Waals surface area contributed by atoms with Crippen molar-refractivity contribution in [2.75, 3.05) is 11.6 Å². The first-order valence-electron chi connectivity index (χ1n) is 3.62. The quantitative estimate of drug-likeness (QED) is 0.557. The highest BCUT2D eigenvalue weighted by Crippen LogP contribution is 2.16. The maximum atomic E-state index is 3.46. The topological polar surface area (TPSA) is 12.0 Å². The first kappa shape index (κ1) is 7.42. The normalized spacial score (nSPS) is 38.0. The lowest BCUT2D eigenvalue weighted by Crippen LogP contribution is -2.29. The second-order valence-corrected chi connectivity index (χ2v) is 3.92. The summed E-state index contributed by atoms with van der Waals surface area (Å²) in [6, 6.07) is 0.722. The van der Waals surface area contributed by atoms with Gasteiger partial charge in [-0.2, -0.15) is 0 Å². The van der Waals surface area contributed by atoms with E-state index in [-0.39, 0.29) is 0 Å². The van der Waals surface area contributed by atoms with E-state index < -0.39 is 0 Å². The van der Waals surface area contributed by atoms with Crippen molar-refractivity contribution in [1.29, 1.82) is 0 Å². The summed E-state index contributed by atoms with van der Waals surface area (Å²) < 4.78 is 0. The average Bonchev–Trinajstić information content (AvgIpc) is 1.99. The Hall–Kier alpha value is 0.310. The summed E-state index contributed by atoms with van der Waals surface area (Å²) in [6.45, 7) is 4.60. The van der Waals surface area contributed by atoms with Crippen LogP contribution in [0.2, 0.25) is 0 Å². The average molecular weight is 145 g/mol. The van der Waals surface area contributed by atoms with Crippen molar-refractivity contribution >= 4 is 11.8 Å². The van der Waals surface area contributed by atoms with Crippen molar-refractivity contribution in [2.24, 2.45) is 5.92 Å². The zero-order valence-corrected chi connectivity index (χ0v) is 7.00. The molecule has 0 amide bonds. The molecule has 1 nitrogen and oxygen atoms in total. The Kier molecular flexibility index (Phi) is 2.86. The molecule has 1 saturated heterocycles. The van der Waals surface area contributed by atoms with Crippen LogP contribution in [0.4, 0.5) is 0 Å². The first-order chi connectivity index (χ1) is 4.30. The van der Waals surface area contributed by atoms with Gasteiger partial charge in [0.2, 0.25) is 0 Å². The molecule has 54 valence electrons. The molecule has 9 heavy (non-hydrogen) atoms. The van der Waals surface area contributed by atoms with Crippen molar-refractivity contribution in [3.63, 3.8) is 0 Å². The van der Waals surface area contributed by atoms with Crippen molar-refractivity contribution < 1.29 is 0 Å². The monoisotopic (exact) mass is 145 g/mol. The van der Waals surface area contributed by atoms with Crippen LogP contribution in [0.15, 0.2) is 0 Å². The van der Waals surface area contributed by atoms with Crippen molar-refractivity contribution in [3.05, 3.63) is 0 Å². The molecule has 0 bridgehead atoms. The van der Waals surface area contributed by atoms with Gasteiger partial charge in [-0.15, -0.1) is 11.8 Å². The minimum Gasteiger partial charge on any atom is -0.305 e. The van der Waals surface area contributed by atoms with Gasteiger partial charge in [-0.1, -0.05) is 6.92 Å². The second kappa shape index (κ2) is 3.47. The van der Waals surface area contributed by atoms with E-state index in [0.717, 1.165) is 17.8 Å². The van der Waals surface area contributed by atoms with Crippen LogP contribution in [0, 0.1) is 5.92 Å². The lowest BCUT2D eigenvalue weighted by Gasteiger charge is -2.15. The van der Waals surface area contributed by atoms with Crippen LogP contribution < -0.4 is 5.32 Å². The molecule has 1 N–H and O–H groups in total. The summed E-state index contributed by atoms with van der Waals surface area (Å²) in [5.74, 6) is 3.34. The minimum atomic E-state index is 0.722. The maximum Gasteiger partial charge on any atom is 0.0419 e. The SMILES string of the molecule is C[C@@H]1NCSCC[C@@H]1C. The summed E-state index contributed by atoms with van der Waals surface area (Å²) in [6.07, 6.45) is 1.37. The highest BCUT2D eigenvalue weighted by molar-refractivity contribution is 7.99. The lowest BCUT2D eigenvalue weighted by atomic mass is 10.0. The van der Waals surface area contributed by atoms with Gasteiger partial charge in [0.15, 0.2) is 0 Å². The molecular weight excluding hydrogens is 130 g/mol. The summed E-state index contributed by atoms with van der Waals surface area (Å²) in [5.41, 5.74) is 0. The van der Waals surface area contributed by atoms with Crippen LogP contribution in [-0.4, -0.2) is 17.7 Å². The lowest BCUT2D eigenvalue weighted by molar-refractivity contribution is 0.421.